The van der Waals surface area contributed by atoms with Crippen molar-refractivity contribution in [3.8, 4) is 11.6 Å². The van der Waals surface area contributed by atoms with Gasteiger partial charge in [0.25, 0.3) is 0 Å². The molecule has 0 unspecified atom stereocenters. The van der Waals surface area contributed by atoms with E-state index in [2.05, 4.69) is 41.5 Å². The van der Waals surface area contributed by atoms with Crippen molar-refractivity contribution in [2.45, 2.75) is 6.42 Å². The van der Waals surface area contributed by atoms with Crippen LogP contribution in [0.4, 0.5) is 17.5 Å². The molecule has 0 spiro atoms. The van der Waals surface area contributed by atoms with Gasteiger partial charge in [0, 0.05) is 18.4 Å². The quantitative estimate of drug-likeness (QED) is 0.369. The summed E-state index contributed by atoms with van der Waals surface area (Å²) in [6.45, 7) is 1.30. The maximum atomic E-state index is 11.8. The summed E-state index contributed by atoms with van der Waals surface area (Å²) < 4.78 is 1.91. The van der Waals surface area contributed by atoms with Crippen molar-refractivity contribution in [2.75, 3.05) is 23.7 Å². The molecule has 0 bridgehead atoms. The topological polar surface area (TPSA) is 134 Å². The lowest BCUT2D eigenvalue weighted by molar-refractivity contribution is 0.441. The molecule has 2 aromatic heterocycles. The second-order valence-corrected chi connectivity index (χ2v) is 6.28. The molecule has 10 heteroatoms. The molecule has 2 heterocycles. The Bertz CT molecular complexity index is 954. The Balaban J connectivity index is 1.82. The minimum atomic E-state index is -0.425. The van der Waals surface area contributed by atoms with Gasteiger partial charge in [-0.1, -0.05) is 6.07 Å². The first-order chi connectivity index (χ1) is 12.6. The van der Waals surface area contributed by atoms with E-state index >= 15 is 0 Å². The molecule has 0 amide bonds. The van der Waals surface area contributed by atoms with Crippen molar-refractivity contribution >= 4 is 33.4 Å². The fourth-order valence-electron chi connectivity index (χ4n) is 2.32. The molecule has 1 aromatic carbocycles. The molecule has 0 aliphatic heterocycles. The summed E-state index contributed by atoms with van der Waals surface area (Å²) in [5.74, 6) is 0.885. The monoisotopic (exact) mass is 419 g/mol. The first kappa shape index (κ1) is 18.0. The van der Waals surface area contributed by atoms with E-state index in [0.29, 0.717) is 36.2 Å². The molecule has 3 rings (SSSR count). The Morgan fingerprint density at radius 1 is 1.38 bits per heavy atom. The van der Waals surface area contributed by atoms with Crippen molar-refractivity contribution in [3.05, 3.63) is 51.6 Å². The highest BCUT2D eigenvalue weighted by atomic mass is 79.9. The SMILES string of the molecule is NCCCNc1nc(Nc2cccc(-n3c(O)c[nH]c3=O)c2)ncc1Br. The lowest BCUT2D eigenvalue weighted by atomic mass is 10.2. The fourth-order valence-corrected chi connectivity index (χ4v) is 2.65. The normalized spacial score (nSPS) is 10.7. The molecule has 0 aliphatic carbocycles. The molecule has 0 atom stereocenters. The minimum Gasteiger partial charge on any atom is -0.493 e. The van der Waals surface area contributed by atoms with E-state index in [9.17, 15) is 9.90 Å². The van der Waals surface area contributed by atoms with E-state index in [1.54, 1.807) is 24.4 Å². The predicted octanol–water partition coefficient (Wildman–Crippen LogP) is 1.93. The summed E-state index contributed by atoms with van der Waals surface area (Å²) >= 11 is 3.41. The first-order valence-corrected chi connectivity index (χ1v) is 8.71. The van der Waals surface area contributed by atoms with E-state index in [4.69, 9.17) is 5.73 Å². The number of nitrogens with zero attached hydrogens (tertiary/aromatic N) is 3. The number of anilines is 3. The van der Waals surface area contributed by atoms with Crippen molar-refractivity contribution < 1.29 is 5.11 Å². The first-order valence-electron chi connectivity index (χ1n) is 7.92. The van der Waals surface area contributed by atoms with Gasteiger partial charge in [-0.3, -0.25) is 0 Å². The van der Waals surface area contributed by atoms with Crippen LogP contribution >= 0.6 is 15.9 Å². The Labute approximate surface area is 157 Å². The molecular weight excluding hydrogens is 402 g/mol. The number of halogens is 1. The largest absolute Gasteiger partial charge is 0.493 e. The number of H-pyrrole nitrogens is 1. The minimum absolute atomic E-state index is 0.168. The third-order valence-corrected chi connectivity index (χ3v) is 4.12. The summed E-state index contributed by atoms with van der Waals surface area (Å²) in [4.78, 5) is 22.9. The number of nitrogens with two attached hydrogens (primary N) is 1. The number of aromatic hydroxyl groups is 1. The van der Waals surface area contributed by atoms with Crippen LogP contribution in [0.25, 0.3) is 5.69 Å². The van der Waals surface area contributed by atoms with Crippen LogP contribution in [0.5, 0.6) is 5.88 Å². The molecule has 0 saturated heterocycles. The molecule has 26 heavy (non-hydrogen) atoms. The number of imidazole rings is 1. The zero-order chi connectivity index (χ0) is 18.5. The van der Waals surface area contributed by atoms with Gasteiger partial charge in [-0.15, -0.1) is 0 Å². The molecule has 0 radical (unpaired) electrons. The van der Waals surface area contributed by atoms with Crippen LogP contribution in [-0.2, 0) is 0 Å². The molecule has 0 fully saturated rings. The number of aromatic nitrogens is 4. The maximum absolute atomic E-state index is 11.8. The van der Waals surface area contributed by atoms with E-state index < -0.39 is 5.69 Å². The molecule has 6 N–H and O–H groups in total. The predicted molar refractivity (Wildman–Crippen MR) is 103 cm³/mol. The highest BCUT2D eigenvalue weighted by Crippen LogP contribution is 2.23. The zero-order valence-electron chi connectivity index (χ0n) is 13.7. The Morgan fingerprint density at radius 2 is 2.23 bits per heavy atom. The molecule has 0 aliphatic rings. The van der Waals surface area contributed by atoms with Crippen LogP contribution < -0.4 is 22.1 Å². The van der Waals surface area contributed by atoms with Crippen LogP contribution in [0.3, 0.4) is 0 Å². The maximum Gasteiger partial charge on any atom is 0.333 e. The van der Waals surface area contributed by atoms with Crippen molar-refractivity contribution in [2.24, 2.45) is 5.73 Å². The smallest absolute Gasteiger partial charge is 0.333 e. The van der Waals surface area contributed by atoms with Crippen molar-refractivity contribution in [3.63, 3.8) is 0 Å². The summed E-state index contributed by atoms with van der Waals surface area (Å²) in [5.41, 5.74) is 6.25. The van der Waals surface area contributed by atoms with Crippen molar-refractivity contribution in [1.82, 2.24) is 19.5 Å². The van der Waals surface area contributed by atoms with Gasteiger partial charge in [0.15, 0.2) is 0 Å². The van der Waals surface area contributed by atoms with Gasteiger partial charge < -0.3 is 26.5 Å². The number of hydrogen-bond donors (Lipinski definition) is 5. The highest BCUT2D eigenvalue weighted by molar-refractivity contribution is 9.10. The Hall–Kier alpha value is -2.85. The number of rotatable bonds is 7. The Kier molecular flexibility index (Phi) is 5.54. The zero-order valence-corrected chi connectivity index (χ0v) is 15.3. The highest BCUT2D eigenvalue weighted by Gasteiger charge is 2.09. The summed E-state index contributed by atoms with van der Waals surface area (Å²) in [7, 11) is 0. The Morgan fingerprint density at radius 3 is 2.96 bits per heavy atom. The van der Waals surface area contributed by atoms with Gasteiger partial charge in [-0.05, 0) is 47.1 Å². The van der Waals surface area contributed by atoms with Gasteiger partial charge >= 0.3 is 5.69 Å². The number of nitrogens with one attached hydrogen (secondary N) is 3. The lowest BCUT2D eigenvalue weighted by Crippen LogP contribution is -2.14. The van der Waals surface area contributed by atoms with E-state index in [-0.39, 0.29) is 5.88 Å². The summed E-state index contributed by atoms with van der Waals surface area (Å²) in [5, 5.41) is 16.1. The third kappa shape index (κ3) is 4.03. The molecular formula is C16H18BrN7O2. The van der Waals surface area contributed by atoms with Gasteiger partial charge in [-0.25, -0.2) is 14.3 Å². The summed E-state index contributed by atoms with van der Waals surface area (Å²) in [6, 6.07) is 6.99. The van der Waals surface area contributed by atoms with Gasteiger partial charge in [0.2, 0.25) is 11.8 Å². The number of hydrogen-bond acceptors (Lipinski definition) is 7. The molecule has 9 nitrogen and oxygen atoms in total. The van der Waals surface area contributed by atoms with E-state index in [0.717, 1.165) is 15.5 Å². The van der Waals surface area contributed by atoms with Crippen LogP contribution in [0, 0.1) is 0 Å². The van der Waals surface area contributed by atoms with Crippen LogP contribution in [0.2, 0.25) is 0 Å². The second-order valence-electron chi connectivity index (χ2n) is 5.42. The second kappa shape index (κ2) is 8.02. The van der Waals surface area contributed by atoms with E-state index in [1.165, 1.54) is 6.20 Å². The van der Waals surface area contributed by atoms with Crippen molar-refractivity contribution in [1.29, 1.82) is 0 Å². The average molecular weight is 420 g/mol. The molecule has 136 valence electrons. The number of benzene rings is 1. The van der Waals surface area contributed by atoms with E-state index in [1.807, 2.05) is 6.07 Å². The molecule has 0 saturated carbocycles. The lowest BCUT2D eigenvalue weighted by Gasteiger charge is -2.11. The standard InChI is InChI=1S/C16H18BrN7O2/c17-12-8-20-15(23-14(12)19-6-2-5-18)22-10-3-1-4-11(7-10)24-13(25)9-21-16(24)26/h1,3-4,7-9,25H,2,5-6,18H2,(H,21,26)(H2,19,20,22,23). The van der Waals surface area contributed by atoms with Gasteiger partial charge in [-0.2, -0.15) is 4.98 Å². The van der Waals surface area contributed by atoms with Gasteiger partial charge in [0.1, 0.15) is 5.82 Å². The van der Waals surface area contributed by atoms with Crippen LogP contribution in [-0.4, -0.2) is 37.7 Å². The number of aromatic amines is 1. The van der Waals surface area contributed by atoms with Crippen LogP contribution in [0.15, 0.2) is 45.9 Å². The fraction of sp³-hybridized carbons (Fsp3) is 0.188. The third-order valence-electron chi connectivity index (χ3n) is 3.53. The average Bonchev–Trinajstić information content (AvgIpc) is 2.96. The van der Waals surface area contributed by atoms with Crippen LogP contribution in [0.1, 0.15) is 6.42 Å². The molecule has 3 aromatic rings. The van der Waals surface area contributed by atoms with Gasteiger partial charge in [0.05, 0.1) is 16.4 Å². The summed E-state index contributed by atoms with van der Waals surface area (Å²) in [6.07, 6.45) is 3.71.